The minimum Gasteiger partial charge on any atom is -0.353 e. The first-order valence-corrected chi connectivity index (χ1v) is 5.63. The molecule has 1 saturated heterocycles. The molecule has 1 amide bonds. The first kappa shape index (κ1) is 12.2. The Labute approximate surface area is 91.6 Å². The lowest BCUT2D eigenvalue weighted by atomic mass is 9.86. The van der Waals surface area contributed by atoms with Crippen LogP contribution in [-0.2, 0) is 9.59 Å². The van der Waals surface area contributed by atoms with E-state index >= 15 is 0 Å². The van der Waals surface area contributed by atoms with Crippen LogP contribution in [0.2, 0.25) is 0 Å². The minimum absolute atomic E-state index is 0.121. The van der Waals surface area contributed by atoms with Gasteiger partial charge in [-0.15, -0.1) is 0 Å². The highest BCUT2D eigenvalue weighted by atomic mass is 16.2. The Morgan fingerprint density at radius 2 is 2.07 bits per heavy atom. The molecule has 3 heteroatoms. The number of rotatable bonds is 3. The molecule has 1 aliphatic heterocycles. The van der Waals surface area contributed by atoms with Crippen LogP contribution in [0.25, 0.3) is 0 Å². The third kappa shape index (κ3) is 3.33. The quantitative estimate of drug-likeness (QED) is 0.775. The maximum absolute atomic E-state index is 11.7. The van der Waals surface area contributed by atoms with Crippen molar-refractivity contribution < 1.29 is 9.59 Å². The smallest absolute Gasteiger partial charge is 0.220 e. The van der Waals surface area contributed by atoms with Crippen molar-refractivity contribution in [1.29, 1.82) is 0 Å². The summed E-state index contributed by atoms with van der Waals surface area (Å²) in [4.78, 5) is 22.8. The molecule has 0 radical (unpaired) electrons. The van der Waals surface area contributed by atoms with Crippen LogP contribution in [-0.4, -0.2) is 17.7 Å². The number of Topliss-reactive ketones (excluding diaryl/α,β-unsaturated/α-hetero) is 1. The van der Waals surface area contributed by atoms with Crippen LogP contribution in [0.15, 0.2) is 0 Å². The van der Waals surface area contributed by atoms with Gasteiger partial charge in [0, 0.05) is 24.3 Å². The zero-order chi connectivity index (χ0) is 11.6. The van der Waals surface area contributed by atoms with Crippen molar-refractivity contribution in [1.82, 2.24) is 5.32 Å². The van der Waals surface area contributed by atoms with Crippen molar-refractivity contribution >= 4 is 11.7 Å². The average molecular weight is 211 g/mol. The Morgan fingerprint density at radius 3 is 2.47 bits per heavy atom. The molecule has 3 nitrogen and oxygen atoms in total. The van der Waals surface area contributed by atoms with E-state index in [0.29, 0.717) is 18.8 Å². The van der Waals surface area contributed by atoms with Crippen molar-refractivity contribution in [3.05, 3.63) is 0 Å². The molecule has 0 aromatic heterocycles. The Kier molecular flexibility index (Phi) is 3.53. The molecule has 1 unspecified atom stereocenters. The highest BCUT2D eigenvalue weighted by molar-refractivity contribution is 5.84. The van der Waals surface area contributed by atoms with Crippen molar-refractivity contribution in [3.8, 4) is 0 Å². The highest BCUT2D eigenvalue weighted by Gasteiger charge is 2.30. The Bertz CT molecular complexity index is 265. The van der Waals surface area contributed by atoms with Crippen LogP contribution in [0.4, 0.5) is 0 Å². The second-order valence-corrected chi connectivity index (χ2v) is 5.57. The summed E-state index contributed by atoms with van der Waals surface area (Å²) in [6, 6.07) is 0.198. The topological polar surface area (TPSA) is 46.2 Å². The zero-order valence-corrected chi connectivity index (χ0v) is 10.1. The molecular formula is C12H21NO2. The van der Waals surface area contributed by atoms with E-state index in [0.717, 1.165) is 6.42 Å². The molecule has 0 aromatic carbocycles. The van der Waals surface area contributed by atoms with Gasteiger partial charge in [0.2, 0.25) is 5.91 Å². The van der Waals surface area contributed by atoms with Gasteiger partial charge in [-0.25, -0.2) is 0 Å². The van der Waals surface area contributed by atoms with E-state index in [1.54, 1.807) is 0 Å². The first-order valence-electron chi connectivity index (χ1n) is 5.63. The number of hydrogen-bond acceptors (Lipinski definition) is 2. The number of nitrogens with one attached hydrogen (secondary N) is 1. The van der Waals surface area contributed by atoms with Gasteiger partial charge in [0.05, 0.1) is 0 Å². The lowest BCUT2D eigenvalue weighted by Crippen LogP contribution is -2.30. The van der Waals surface area contributed by atoms with Crippen LogP contribution in [0.5, 0.6) is 0 Å². The summed E-state index contributed by atoms with van der Waals surface area (Å²) in [7, 11) is 0. The van der Waals surface area contributed by atoms with Gasteiger partial charge in [0.15, 0.2) is 0 Å². The molecule has 86 valence electrons. The van der Waals surface area contributed by atoms with Crippen LogP contribution in [0.1, 0.15) is 47.0 Å². The minimum atomic E-state index is -0.258. The molecule has 1 rings (SSSR count). The number of carbonyl (C=O) groups excluding carboxylic acids is 2. The fraction of sp³-hybridized carbons (Fsp3) is 0.833. The molecule has 0 aliphatic carbocycles. The van der Waals surface area contributed by atoms with Gasteiger partial charge < -0.3 is 5.32 Å². The van der Waals surface area contributed by atoms with Crippen molar-refractivity contribution in [3.63, 3.8) is 0 Å². The third-order valence-corrected chi connectivity index (χ3v) is 3.06. The molecule has 0 saturated carbocycles. The molecule has 2 atom stereocenters. The summed E-state index contributed by atoms with van der Waals surface area (Å²) in [5.41, 5.74) is -0.258. The van der Waals surface area contributed by atoms with Crippen LogP contribution in [0.3, 0.4) is 0 Å². The molecule has 1 heterocycles. The highest BCUT2D eigenvalue weighted by Crippen LogP contribution is 2.23. The Balaban J connectivity index is 2.38. The molecule has 15 heavy (non-hydrogen) atoms. The summed E-state index contributed by atoms with van der Waals surface area (Å²) in [5.74, 6) is 0.761. The largest absolute Gasteiger partial charge is 0.353 e. The summed E-state index contributed by atoms with van der Waals surface area (Å²) in [5, 5.41) is 2.92. The van der Waals surface area contributed by atoms with Crippen molar-refractivity contribution in [2.45, 2.75) is 53.0 Å². The third-order valence-electron chi connectivity index (χ3n) is 3.06. The van der Waals surface area contributed by atoms with Crippen LogP contribution < -0.4 is 5.32 Å². The standard InChI is InChI=1S/C12H21NO2/c1-8-7-11(15)13-9(8)5-6-10(14)12(2,3)4/h8-9H,5-7H2,1-4H3,(H,13,15)/t8?,9-/m0/s1. The van der Waals surface area contributed by atoms with E-state index in [9.17, 15) is 9.59 Å². The van der Waals surface area contributed by atoms with E-state index in [2.05, 4.69) is 12.2 Å². The number of hydrogen-bond donors (Lipinski definition) is 1. The molecule has 1 fully saturated rings. The second-order valence-electron chi connectivity index (χ2n) is 5.57. The van der Waals surface area contributed by atoms with Gasteiger partial charge in [-0.3, -0.25) is 9.59 Å². The van der Waals surface area contributed by atoms with E-state index < -0.39 is 0 Å². The monoisotopic (exact) mass is 211 g/mol. The van der Waals surface area contributed by atoms with Crippen LogP contribution in [0, 0.1) is 11.3 Å². The van der Waals surface area contributed by atoms with Gasteiger partial charge in [-0.05, 0) is 12.3 Å². The molecular weight excluding hydrogens is 190 g/mol. The second kappa shape index (κ2) is 4.33. The van der Waals surface area contributed by atoms with Gasteiger partial charge in [-0.2, -0.15) is 0 Å². The summed E-state index contributed by atoms with van der Waals surface area (Å²) in [6.07, 6.45) is 1.95. The summed E-state index contributed by atoms with van der Waals surface area (Å²) >= 11 is 0. The maximum atomic E-state index is 11.7. The van der Waals surface area contributed by atoms with Gasteiger partial charge in [0.1, 0.15) is 5.78 Å². The van der Waals surface area contributed by atoms with Gasteiger partial charge in [0.25, 0.3) is 0 Å². The number of amides is 1. The summed E-state index contributed by atoms with van der Waals surface area (Å²) < 4.78 is 0. The van der Waals surface area contributed by atoms with E-state index in [1.165, 1.54) is 0 Å². The Morgan fingerprint density at radius 1 is 1.47 bits per heavy atom. The zero-order valence-electron chi connectivity index (χ0n) is 10.1. The predicted molar refractivity (Wildman–Crippen MR) is 59.4 cm³/mol. The van der Waals surface area contributed by atoms with E-state index in [1.807, 2.05) is 20.8 Å². The van der Waals surface area contributed by atoms with Gasteiger partial charge in [-0.1, -0.05) is 27.7 Å². The molecule has 0 bridgehead atoms. The normalized spacial score (nSPS) is 26.5. The Hall–Kier alpha value is -0.860. The number of carbonyl (C=O) groups is 2. The lowest BCUT2D eigenvalue weighted by molar-refractivity contribution is -0.126. The number of ketones is 1. The fourth-order valence-corrected chi connectivity index (χ4v) is 1.86. The van der Waals surface area contributed by atoms with E-state index in [-0.39, 0.29) is 23.1 Å². The summed E-state index contributed by atoms with van der Waals surface area (Å²) in [6.45, 7) is 7.87. The van der Waals surface area contributed by atoms with E-state index in [4.69, 9.17) is 0 Å². The molecule has 1 N–H and O–H groups in total. The van der Waals surface area contributed by atoms with Crippen LogP contribution >= 0.6 is 0 Å². The fourth-order valence-electron chi connectivity index (χ4n) is 1.86. The molecule has 0 aromatic rings. The maximum Gasteiger partial charge on any atom is 0.220 e. The predicted octanol–water partition coefficient (Wildman–Crippen LogP) is 1.91. The van der Waals surface area contributed by atoms with Crippen molar-refractivity contribution in [2.24, 2.45) is 11.3 Å². The average Bonchev–Trinajstić information content (AvgIpc) is 2.39. The lowest BCUT2D eigenvalue weighted by Gasteiger charge is -2.19. The van der Waals surface area contributed by atoms with Crippen molar-refractivity contribution in [2.75, 3.05) is 0 Å². The molecule has 1 aliphatic rings. The molecule has 0 spiro atoms. The SMILES string of the molecule is CC1CC(=O)N[C@H]1CCC(=O)C(C)(C)C. The van der Waals surface area contributed by atoms with Gasteiger partial charge >= 0.3 is 0 Å². The first-order chi connectivity index (χ1) is 6.80.